The van der Waals surface area contributed by atoms with Crippen LogP contribution in [0.5, 0.6) is 0 Å². The van der Waals surface area contributed by atoms with Crippen molar-refractivity contribution in [3.05, 3.63) is 71.3 Å². The van der Waals surface area contributed by atoms with E-state index in [-0.39, 0.29) is 35.5 Å². The lowest BCUT2D eigenvalue weighted by Crippen LogP contribution is -2.31. The van der Waals surface area contributed by atoms with E-state index in [1.54, 1.807) is 24.3 Å². The highest BCUT2D eigenvalue weighted by molar-refractivity contribution is 6.22. The van der Waals surface area contributed by atoms with E-state index in [9.17, 15) is 14.4 Å². The third kappa shape index (κ3) is 3.48. The van der Waals surface area contributed by atoms with Gasteiger partial charge in [-0.3, -0.25) is 19.3 Å². The summed E-state index contributed by atoms with van der Waals surface area (Å²) in [7, 11) is 0. The second-order valence-electron chi connectivity index (χ2n) is 8.05. The van der Waals surface area contributed by atoms with Gasteiger partial charge in [0.05, 0.1) is 17.5 Å². The zero-order valence-electron chi connectivity index (χ0n) is 16.8. The van der Waals surface area contributed by atoms with Gasteiger partial charge in [0.25, 0.3) is 5.91 Å². The number of fused-ring (bicyclic) bond motifs is 1. The van der Waals surface area contributed by atoms with Crippen molar-refractivity contribution in [3.8, 4) is 0 Å². The summed E-state index contributed by atoms with van der Waals surface area (Å²) in [4.78, 5) is 39.9. The van der Waals surface area contributed by atoms with Gasteiger partial charge < -0.3 is 5.32 Å². The van der Waals surface area contributed by atoms with Crippen molar-refractivity contribution in [1.29, 1.82) is 0 Å². The first kappa shape index (κ1) is 19.1. The Hall–Kier alpha value is -3.21. The van der Waals surface area contributed by atoms with Crippen LogP contribution in [0.25, 0.3) is 0 Å². The van der Waals surface area contributed by atoms with Crippen molar-refractivity contribution in [1.82, 2.24) is 0 Å². The first-order valence-electron chi connectivity index (χ1n) is 9.89. The topological polar surface area (TPSA) is 66.5 Å². The highest BCUT2D eigenvalue weighted by Gasteiger charge is 2.50. The van der Waals surface area contributed by atoms with Gasteiger partial charge in [-0.25, -0.2) is 0 Å². The van der Waals surface area contributed by atoms with Crippen LogP contribution in [0.1, 0.15) is 34.8 Å². The predicted molar refractivity (Wildman–Crippen MR) is 113 cm³/mol. The first-order valence-corrected chi connectivity index (χ1v) is 9.89. The standard InChI is InChI=1S/C24H24N2O3/c1-14-10-15(2)12-18(11-14)25-22(27)17-7-5-8-19(13-17)26-23(28)20-9-4-6-16(3)21(20)24(26)29/h4-8,10-13,16,20-21H,9H2,1-3H3,(H,25,27)/t16-,20-,21-/m0/s1. The van der Waals surface area contributed by atoms with Crippen LogP contribution in [0, 0.1) is 31.6 Å². The number of carbonyl (C=O) groups excluding carboxylic acids is 3. The zero-order chi connectivity index (χ0) is 20.7. The average Bonchev–Trinajstić information content (AvgIpc) is 2.92. The molecule has 2 aromatic rings. The molecule has 5 nitrogen and oxygen atoms in total. The highest BCUT2D eigenvalue weighted by Crippen LogP contribution is 2.40. The number of hydrogen-bond acceptors (Lipinski definition) is 3. The van der Waals surface area contributed by atoms with Crippen LogP contribution in [-0.4, -0.2) is 17.7 Å². The molecule has 0 unspecified atom stereocenters. The molecule has 29 heavy (non-hydrogen) atoms. The Kier molecular flexibility index (Phi) is 4.82. The number of anilines is 2. The minimum atomic E-state index is -0.319. The Morgan fingerprint density at radius 2 is 1.76 bits per heavy atom. The Labute approximate surface area is 170 Å². The van der Waals surface area contributed by atoms with E-state index in [2.05, 4.69) is 5.32 Å². The van der Waals surface area contributed by atoms with Gasteiger partial charge in [0.15, 0.2) is 0 Å². The molecule has 3 amide bonds. The Morgan fingerprint density at radius 1 is 1.03 bits per heavy atom. The van der Waals surface area contributed by atoms with E-state index >= 15 is 0 Å². The van der Waals surface area contributed by atoms with Crippen molar-refractivity contribution in [2.24, 2.45) is 17.8 Å². The Morgan fingerprint density at radius 3 is 2.45 bits per heavy atom. The second kappa shape index (κ2) is 7.32. The molecular formula is C24H24N2O3. The van der Waals surface area contributed by atoms with Crippen LogP contribution >= 0.6 is 0 Å². The summed E-state index contributed by atoms with van der Waals surface area (Å²) in [6.07, 6.45) is 4.57. The number of rotatable bonds is 3. The monoisotopic (exact) mass is 388 g/mol. The first-order chi connectivity index (χ1) is 13.8. The van der Waals surface area contributed by atoms with Gasteiger partial charge in [-0.15, -0.1) is 0 Å². The van der Waals surface area contributed by atoms with Crippen LogP contribution < -0.4 is 10.2 Å². The number of amides is 3. The van der Waals surface area contributed by atoms with Crippen molar-refractivity contribution in [2.75, 3.05) is 10.2 Å². The smallest absolute Gasteiger partial charge is 0.255 e. The fourth-order valence-electron chi connectivity index (χ4n) is 4.44. The molecule has 1 fully saturated rings. The van der Waals surface area contributed by atoms with Crippen LogP contribution in [0.2, 0.25) is 0 Å². The van der Waals surface area contributed by atoms with E-state index in [0.29, 0.717) is 17.7 Å². The molecule has 1 saturated heterocycles. The lowest BCUT2D eigenvalue weighted by Gasteiger charge is -2.22. The minimum absolute atomic E-state index is 0.0336. The van der Waals surface area contributed by atoms with Crippen LogP contribution in [0.4, 0.5) is 11.4 Å². The Balaban J connectivity index is 1.60. The molecule has 2 aromatic carbocycles. The molecule has 3 atom stereocenters. The number of hydrogen-bond donors (Lipinski definition) is 1. The molecule has 5 heteroatoms. The molecule has 1 aliphatic carbocycles. The maximum absolute atomic E-state index is 13.0. The number of nitrogens with zero attached hydrogens (tertiary/aromatic N) is 1. The van der Waals surface area contributed by atoms with Crippen LogP contribution in [-0.2, 0) is 9.59 Å². The van der Waals surface area contributed by atoms with Crippen molar-refractivity contribution >= 4 is 29.1 Å². The summed E-state index contributed by atoms with van der Waals surface area (Å²) in [5.74, 6) is -1.23. The number of aryl methyl sites for hydroxylation is 2. The average molecular weight is 388 g/mol. The summed E-state index contributed by atoms with van der Waals surface area (Å²) in [5.41, 5.74) is 3.70. The molecule has 0 bridgehead atoms. The molecule has 1 heterocycles. The molecule has 4 rings (SSSR count). The predicted octanol–water partition coefficient (Wildman–Crippen LogP) is 4.26. The number of allylic oxidation sites excluding steroid dienone is 2. The van der Waals surface area contributed by atoms with Crippen molar-refractivity contribution < 1.29 is 14.4 Å². The third-order valence-electron chi connectivity index (χ3n) is 5.72. The molecule has 0 saturated carbocycles. The van der Waals surface area contributed by atoms with Gasteiger partial charge in [-0.05, 0) is 67.6 Å². The second-order valence-corrected chi connectivity index (χ2v) is 8.05. The summed E-state index contributed by atoms with van der Waals surface area (Å²) in [6.45, 7) is 5.92. The summed E-state index contributed by atoms with van der Waals surface area (Å²) in [5, 5.41) is 2.90. The Bertz CT molecular complexity index is 1020. The minimum Gasteiger partial charge on any atom is -0.322 e. The van der Waals surface area contributed by atoms with E-state index in [1.165, 1.54) is 4.90 Å². The fraction of sp³-hybridized carbons (Fsp3) is 0.292. The van der Waals surface area contributed by atoms with Crippen molar-refractivity contribution in [3.63, 3.8) is 0 Å². The highest BCUT2D eigenvalue weighted by atomic mass is 16.2. The molecule has 0 spiro atoms. The molecule has 0 aromatic heterocycles. The van der Waals surface area contributed by atoms with E-state index in [0.717, 1.165) is 16.8 Å². The van der Waals surface area contributed by atoms with Gasteiger partial charge in [0.2, 0.25) is 11.8 Å². The van der Waals surface area contributed by atoms with Crippen LogP contribution in [0.15, 0.2) is 54.6 Å². The molecule has 148 valence electrons. The van der Waals surface area contributed by atoms with Gasteiger partial charge >= 0.3 is 0 Å². The van der Waals surface area contributed by atoms with Gasteiger partial charge in [-0.2, -0.15) is 0 Å². The lowest BCUT2D eigenvalue weighted by molar-refractivity contribution is -0.122. The van der Waals surface area contributed by atoms with E-state index < -0.39 is 0 Å². The molecule has 2 aliphatic rings. The van der Waals surface area contributed by atoms with Crippen LogP contribution in [0.3, 0.4) is 0 Å². The largest absolute Gasteiger partial charge is 0.322 e. The number of nitrogens with one attached hydrogen (secondary N) is 1. The normalized spacial score (nSPS) is 23.3. The fourth-order valence-corrected chi connectivity index (χ4v) is 4.44. The summed E-state index contributed by atoms with van der Waals surface area (Å²) < 4.78 is 0. The molecule has 1 aliphatic heterocycles. The van der Waals surface area contributed by atoms with E-state index in [1.807, 2.05) is 51.1 Å². The third-order valence-corrected chi connectivity index (χ3v) is 5.72. The van der Waals surface area contributed by atoms with Gasteiger partial charge in [0.1, 0.15) is 0 Å². The lowest BCUT2D eigenvalue weighted by atomic mass is 9.78. The summed E-state index contributed by atoms with van der Waals surface area (Å²) in [6, 6.07) is 12.6. The quantitative estimate of drug-likeness (QED) is 0.631. The number of carbonyl (C=O) groups is 3. The van der Waals surface area contributed by atoms with Crippen molar-refractivity contribution in [2.45, 2.75) is 27.2 Å². The SMILES string of the molecule is Cc1cc(C)cc(NC(=O)c2cccc(N3C(=O)[C@@H]4[C@H](CC=C[C@@H]4C)C3=O)c2)c1. The molecule has 1 N–H and O–H groups in total. The van der Waals surface area contributed by atoms with Gasteiger partial charge in [0, 0.05) is 11.3 Å². The van der Waals surface area contributed by atoms with Gasteiger partial charge in [-0.1, -0.05) is 31.2 Å². The number of benzene rings is 2. The van der Waals surface area contributed by atoms with E-state index in [4.69, 9.17) is 0 Å². The summed E-state index contributed by atoms with van der Waals surface area (Å²) >= 11 is 0. The maximum atomic E-state index is 13.0. The number of imide groups is 1. The maximum Gasteiger partial charge on any atom is 0.255 e. The molecule has 0 radical (unpaired) electrons. The zero-order valence-corrected chi connectivity index (χ0v) is 16.8. The molecular weight excluding hydrogens is 364 g/mol.